The fourth-order valence-corrected chi connectivity index (χ4v) is 1.95. The third-order valence-corrected chi connectivity index (χ3v) is 2.90. The number of nitrogens with one attached hydrogen (secondary N) is 1. The Kier molecular flexibility index (Phi) is 3.42. The van der Waals surface area contributed by atoms with Gasteiger partial charge in [0.1, 0.15) is 5.82 Å². The summed E-state index contributed by atoms with van der Waals surface area (Å²) in [5.74, 6) is -0.879. The van der Waals surface area contributed by atoms with Gasteiger partial charge in [-0.05, 0) is 12.1 Å². The standard InChI is InChI=1S/C13H12N6O2/c20-13(21)12-16-10-4-2-1-3-9(10)11(17-12)14-5-7-19-8-6-15-18-19/h1-4,6,8H,5,7H2,(H,20,21)(H,14,16,17). The van der Waals surface area contributed by atoms with E-state index in [0.717, 1.165) is 5.39 Å². The van der Waals surface area contributed by atoms with Gasteiger partial charge in [-0.3, -0.25) is 4.68 Å². The first-order valence-corrected chi connectivity index (χ1v) is 6.32. The second-order valence-corrected chi connectivity index (χ2v) is 4.31. The lowest BCUT2D eigenvalue weighted by Gasteiger charge is -2.09. The summed E-state index contributed by atoms with van der Waals surface area (Å²) >= 11 is 0. The summed E-state index contributed by atoms with van der Waals surface area (Å²) in [7, 11) is 0. The maximum absolute atomic E-state index is 11.1. The first-order chi connectivity index (χ1) is 10.2. The predicted molar refractivity (Wildman–Crippen MR) is 75.0 cm³/mol. The van der Waals surface area contributed by atoms with Gasteiger partial charge in [0.05, 0.1) is 18.3 Å². The number of anilines is 1. The number of para-hydroxylation sites is 1. The number of aromatic nitrogens is 5. The number of fused-ring (bicyclic) bond motifs is 1. The van der Waals surface area contributed by atoms with E-state index in [9.17, 15) is 4.79 Å². The van der Waals surface area contributed by atoms with Crippen molar-refractivity contribution in [1.29, 1.82) is 0 Å². The van der Waals surface area contributed by atoms with E-state index in [1.807, 2.05) is 12.1 Å². The van der Waals surface area contributed by atoms with E-state index in [-0.39, 0.29) is 5.82 Å². The van der Waals surface area contributed by atoms with E-state index < -0.39 is 5.97 Å². The summed E-state index contributed by atoms with van der Waals surface area (Å²) in [6, 6.07) is 7.26. The van der Waals surface area contributed by atoms with Crippen molar-refractivity contribution < 1.29 is 9.90 Å². The van der Waals surface area contributed by atoms with Crippen molar-refractivity contribution >= 4 is 22.7 Å². The third kappa shape index (κ3) is 2.78. The molecule has 2 N–H and O–H groups in total. The molecule has 2 aromatic heterocycles. The minimum atomic E-state index is -1.15. The Morgan fingerprint density at radius 2 is 2.14 bits per heavy atom. The molecule has 0 radical (unpaired) electrons. The maximum atomic E-state index is 11.1. The van der Waals surface area contributed by atoms with Gasteiger partial charge in [0.2, 0.25) is 5.82 Å². The van der Waals surface area contributed by atoms with Crippen molar-refractivity contribution in [2.24, 2.45) is 0 Å². The molecule has 106 valence electrons. The van der Waals surface area contributed by atoms with E-state index in [1.54, 1.807) is 29.2 Å². The molecule has 3 aromatic rings. The van der Waals surface area contributed by atoms with E-state index in [4.69, 9.17) is 5.11 Å². The lowest BCUT2D eigenvalue weighted by molar-refractivity contribution is 0.0684. The molecule has 0 amide bonds. The van der Waals surface area contributed by atoms with Crippen LogP contribution in [-0.2, 0) is 6.54 Å². The minimum absolute atomic E-state index is 0.225. The van der Waals surface area contributed by atoms with Crippen LogP contribution in [0.15, 0.2) is 36.7 Å². The summed E-state index contributed by atoms with van der Waals surface area (Å²) < 4.78 is 1.68. The van der Waals surface area contributed by atoms with Gasteiger partial charge in [-0.2, -0.15) is 0 Å². The summed E-state index contributed by atoms with van der Waals surface area (Å²) in [6.07, 6.45) is 3.35. The lowest BCUT2D eigenvalue weighted by Crippen LogP contribution is -2.14. The minimum Gasteiger partial charge on any atom is -0.475 e. The Bertz CT molecular complexity index is 771. The quantitative estimate of drug-likeness (QED) is 0.720. The zero-order chi connectivity index (χ0) is 14.7. The van der Waals surface area contributed by atoms with Crippen LogP contribution in [-0.4, -0.2) is 42.6 Å². The second kappa shape index (κ2) is 5.53. The summed E-state index contributed by atoms with van der Waals surface area (Å²) in [4.78, 5) is 19.1. The molecule has 1 aromatic carbocycles. The number of benzene rings is 1. The predicted octanol–water partition coefficient (Wildman–Crippen LogP) is 1.03. The van der Waals surface area contributed by atoms with Crippen molar-refractivity contribution in [2.75, 3.05) is 11.9 Å². The van der Waals surface area contributed by atoms with Gasteiger partial charge in [0, 0.05) is 18.1 Å². The van der Waals surface area contributed by atoms with Crippen LogP contribution in [0.5, 0.6) is 0 Å². The van der Waals surface area contributed by atoms with Crippen LogP contribution >= 0.6 is 0 Å². The largest absolute Gasteiger partial charge is 0.475 e. The molecule has 0 saturated heterocycles. The number of hydrogen-bond donors (Lipinski definition) is 2. The van der Waals surface area contributed by atoms with Gasteiger partial charge in [0.15, 0.2) is 0 Å². The molecule has 0 fully saturated rings. The van der Waals surface area contributed by atoms with Crippen LogP contribution < -0.4 is 5.32 Å². The average molecular weight is 284 g/mol. The van der Waals surface area contributed by atoms with E-state index in [1.165, 1.54) is 0 Å². The molecular formula is C13H12N6O2. The summed E-state index contributed by atoms with van der Waals surface area (Å²) in [6.45, 7) is 1.14. The highest BCUT2D eigenvalue weighted by Gasteiger charge is 2.12. The molecule has 0 spiro atoms. The molecule has 2 heterocycles. The first kappa shape index (κ1) is 13.0. The number of carboxylic acid groups (broad SMARTS) is 1. The molecule has 0 bridgehead atoms. The van der Waals surface area contributed by atoms with Crippen LogP contribution in [0.3, 0.4) is 0 Å². The van der Waals surface area contributed by atoms with E-state index >= 15 is 0 Å². The molecule has 0 atom stereocenters. The monoisotopic (exact) mass is 284 g/mol. The fraction of sp³-hybridized carbons (Fsp3) is 0.154. The van der Waals surface area contributed by atoms with Crippen molar-refractivity contribution in [2.45, 2.75) is 6.54 Å². The van der Waals surface area contributed by atoms with Crippen molar-refractivity contribution in [1.82, 2.24) is 25.0 Å². The Morgan fingerprint density at radius 1 is 1.29 bits per heavy atom. The molecule has 0 unspecified atom stereocenters. The van der Waals surface area contributed by atoms with Crippen molar-refractivity contribution in [3.63, 3.8) is 0 Å². The number of aromatic carboxylic acids is 1. The number of carboxylic acids is 1. The first-order valence-electron chi connectivity index (χ1n) is 6.32. The highest BCUT2D eigenvalue weighted by atomic mass is 16.4. The van der Waals surface area contributed by atoms with Gasteiger partial charge in [-0.15, -0.1) is 5.10 Å². The maximum Gasteiger partial charge on any atom is 0.374 e. The van der Waals surface area contributed by atoms with Crippen molar-refractivity contribution in [3.8, 4) is 0 Å². The molecule has 0 saturated carbocycles. The topological polar surface area (TPSA) is 106 Å². The Labute approximate surface area is 119 Å². The molecule has 0 aliphatic carbocycles. The zero-order valence-electron chi connectivity index (χ0n) is 11.0. The molecular weight excluding hydrogens is 272 g/mol. The van der Waals surface area contributed by atoms with Crippen LogP contribution in [0, 0.1) is 0 Å². The van der Waals surface area contributed by atoms with Gasteiger partial charge in [-0.25, -0.2) is 14.8 Å². The van der Waals surface area contributed by atoms with Crippen LogP contribution in [0.1, 0.15) is 10.6 Å². The number of hydrogen-bond acceptors (Lipinski definition) is 6. The van der Waals surface area contributed by atoms with E-state index in [0.29, 0.717) is 24.4 Å². The smallest absolute Gasteiger partial charge is 0.374 e. The molecule has 21 heavy (non-hydrogen) atoms. The third-order valence-electron chi connectivity index (χ3n) is 2.90. The normalized spacial score (nSPS) is 10.7. The number of nitrogens with zero attached hydrogens (tertiary/aromatic N) is 5. The van der Waals surface area contributed by atoms with Gasteiger partial charge in [-0.1, -0.05) is 17.3 Å². The second-order valence-electron chi connectivity index (χ2n) is 4.31. The van der Waals surface area contributed by atoms with Gasteiger partial charge >= 0.3 is 5.97 Å². The Hall–Kier alpha value is -3.03. The van der Waals surface area contributed by atoms with Gasteiger partial charge in [0.25, 0.3) is 0 Å². The molecule has 8 heteroatoms. The van der Waals surface area contributed by atoms with Crippen LogP contribution in [0.4, 0.5) is 5.82 Å². The Balaban J connectivity index is 1.87. The zero-order valence-corrected chi connectivity index (χ0v) is 11.0. The van der Waals surface area contributed by atoms with Crippen LogP contribution in [0.25, 0.3) is 10.9 Å². The molecule has 0 aliphatic rings. The Morgan fingerprint density at radius 3 is 2.90 bits per heavy atom. The molecule has 3 rings (SSSR count). The van der Waals surface area contributed by atoms with Gasteiger partial charge < -0.3 is 10.4 Å². The van der Waals surface area contributed by atoms with Crippen molar-refractivity contribution in [3.05, 3.63) is 42.5 Å². The number of rotatable bonds is 5. The molecule has 8 nitrogen and oxygen atoms in total. The van der Waals surface area contributed by atoms with E-state index in [2.05, 4.69) is 25.6 Å². The average Bonchev–Trinajstić information content (AvgIpc) is 3.00. The number of carbonyl (C=O) groups is 1. The SMILES string of the molecule is O=C(O)c1nc(NCCn2ccnn2)c2ccccc2n1. The summed E-state index contributed by atoms with van der Waals surface area (Å²) in [5, 5.41) is 20.5. The summed E-state index contributed by atoms with van der Waals surface area (Å²) in [5.41, 5.74) is 0.591. The van der Waals surface area contributed by atoms with Crippen LogP contribution in [0.2, 0.25) is 0 Å². The lowest BCUT2D eigenvalue weighted by atomic mass is 10.2. The molecule has 0 aliphatic heterocycles. The fourth-order valence-electron chi connectivity index (χ4n) is 1.95. The highest BCUT2D eigenvalue weighted by molar-refractivity contribution is 5.93. The highest BCUT2D eigenvalue weighted by Crippen LogP contribution is 2.19.